The lowest BCUT2D eigenvalue weighted by Crippen LogP contribution is -2.34. The molecule has 0 heterocycles. The monoisotopic (exact) mass is 271 g/mol. The van der Waals surface area contributed by atoms with Crippen molar-refractivity contribution < 1.29 is 13.5 Å². The van der Waals surface area contributed by atoms with Gasteiger partial charge in [-0.3, -0.25) is 0 Å². The number of methoxy groups -OCH3 is 1. The third-order valence-corrected chi connectivity index (χ3v) is 3.33. The van der Waals surface area contributed by atoms with E-state index in [0.717, 1.165) is 19.4 Å². The molecule has 0 fully saturated rings. The molecule has 0 aliphatic heterocycles. The summed E-state index contributed by atoms with van der Waals surface area (Å²) >= 11 is 0. The van der Waals surface area contributed by atoms with Crippen molar-refractivity contribution in [2.24, 2.45) is 0 Å². The molecule has 19 heavy (non-hydrogen) atoms. The fourth-order valence-electron chi connectivity index (χ4n) is 2.18. The molecule has 1 N–H and O–H groups in total. The molecule has 0 aliphatic carbocycles. The van der Waals surface area contributed by atoms with E-state index in [-0.39, 0.29) is 12.1 Å². The molecule has 1 aromatic rings. The predicted octanol–water partition coefficient (Wildman–Crippen LogP) is 3.74. The molecule has 0 saturated carbocycles. The number of halogens is 2. The highest BCUT2D eigenvalue weighted by Crippen LogP contribution is 2.26. The highest BCUT2D eigenvalue weighted by molar-refractivity contribution is 5.28. The number of aryl methyl sites for hydroxylation is 1. The van der Waals surface area contributed by atoms with Crippen LogP contribution in [0.5, 0.6) is 0 Å². The maximum Gasteiger partial charge on any atom is 0.163 e. The first-order chi connectivity index (χ1) is 9.06. The maximum absolute atomic E-state index is 14.1. The highest BCUT2D eigenvalue weighted by Gasteiger charge is 2.25. The van der Waals surface area contributed by atoms with Crippen molar-refractivity contribution in [3.05, 3.63) is 34.9 Å². The third kappa shape index (κ3) is 3.74. The van der Waals surface area contributed by atoms with E-state index < -0.39 is 11.6 Å². The van der Waals surface area contributed by atoms with Crippen LogP contribution in [-0.4, -0.2) is 19.8 Å². The second-order valence-electron chi connectivity index (χ2n) is 4.71. The van der Waals surface area contributed by atoms with Gasteiger partial charge < -0.3 is 10.1 Å². The number of hydrogen-bond donors (Lipinski definition) is 1. The summed E-state index contributed by atoms with van der Waals surface area (Å²) in [6.45, 7) is 6.30. The molecule has 2 unspecified atom stereocenters. The number of rotatable bonds is 7. The number of nitrogens with one attached hydrogen (secondary N) is 1. The van der Waals surface area contributed by atoms with Crippen LogP contribution in [0.3, 0.4) is 0 Å². The van der Waals surface area contributed by atoms with Crippen molar-refractivity contribution in [2.75, 3.05) is 13.7 Å². The standard InChI is InChI=1S/C15H23F2NO/c1-5-9-18-15(12(6-2)19-4)11-8-7-10(3)13(16)14(11)17/h7-8,12,15,18H,5-6,9H2,1-4H3. The molecule has 2 nitrogen and oxygen atoms in total. The first kappa shape index (κ1) is 16.1. The summed E-state index contributed by atoms with van der Waals surface area (Å²) in [5.74, 6) is -1.55. The molecule has 2 atom stereocenters. The van der Waals surface area contributed by atoms with Gasteiger partial charge in [-0.15, -0.1) is 0 Å². The van der Waals surface area contributed by atoms with E-state index in [9.17, 15) is 8.78 Å². The predicted molar refractivity (Wildman–Crippen MR) is 73.2 cm³/mol. The van der Waals surface area contributed by atoms with Crippen molar-refractivity contribution >= 4 is 0 Å². The average molecular weight is 271 g/mol. The van der Waals surface area contributed by atoms with E-state index in [4.69, 9.17) is 4.74 Å². The molecular weight excluding hydrogens is 248 g/mol. The van der Waals surface area contributed by atoms with Crippen LogP contribution in [0, 0.1) is 18.6 Å². The largest absolute Gasteiger partial charge is 0.379 e. The Morgan fingerprint density at radius 3 is 2.42 bits per heavy atom. The van der Waals surface area contributed by atoms with Gasteiger partial charge in [0, 0.05) is 12.7 Å². The van der Waals surface area contributed by atoms with Gasteiger partial charge in [0.05, 0.1) is 12.1 Å². The van der Waals surface area contributed by atoms with Gasteiger partial charge in [0.2, 0.25) is 0 Å². The van der Waals surface area contributed by atoms with Gasteiger partial charge in [-0.25, -0.2) is 8.78 Å². The topological polar surface area (TPSA) is 21.3 Å². The van der Waals surface area contributed by atoms with Crippen LogP contribution in [0.2, 0.25) is 0 Å². The molecule has 0 radical (unpaired) electrons. The molecule has 0 aromatic heterocycles. The summed E-state index contributed by atoms with van der Waals surface area (Å²) in [5, 5.41) is 3.24. The second kappa shape index (κ2) is 7.56. The van der Waals surface area contributed by atoms with E-state index >= 15 is 0 Å². The zero-order chi connectivity index (χ0) is 14.4. The normalized spacial score (nSPS) is 14.4. The lowest BCUT2D eigenvalue weighted by molar-refractivity contribution is 0.0637. The lowest BCUT2D eigenvalue weighted by atomic mass is 9.97. The van der Waals surface area contributed by atoms with E-state index in [1.54, 1.807) is 26.2 Å². The van der Waals surface area contributed by atoms with Crippen molar-refractivity contribution in [2.45, 2.75) is 45.8 Å². The van der Waals surface area contributed by atoms with Crippen molar-refractivity contribution in [1.29, 1.82) is 0 Å². The van der Waals surface area contributed by atoms with Crippen LogP contribution in [0.1, 0.15) is 43.9 Å². The fourth-order valence-corrected chi connectivity index (χ4v) is 2.18. The van der Waals surface area contributed by atoms with Crippen molar-refractivity contribution in [3.63, 3.8) is 0 Å². The first-order valence-corrected chi connectivity index (χ1v) is 6.77. The fraction of sp³-hybridized carbons (Fsp3) is 0.600. The quantitative estimate of drug-likeness (QED) is 0.815. The molecule has 1 aromatic carbocycles. The second-order valence-corrected chi connectivity index (χ2v) is 4.71. The summed E-state index contributed by atoms with van der Waals surface area (Å²) < 4.78 is 33.2. The van der Waals surface area contributed by atoms with E-state index in [2.05, 4.69) is 5.32 Å². The Kier molecular flexibility index (Phi) is 6.38. The molecule has 108 valence electrons. The third-order valence-electron chi connectivity index (χ3n) is 3.33. The van der Waals surface area contributed by atoms with Gasteiger partial charge in [-0.05, 0) is 31.9 Å². The smallest absolute Gasteiger partial charge is 0.163 e. The summed E-state index contributed by atoms with van der Waals surface area (Å²) in [6.07, 6.45) is 1.47. The Labute approximate surface area is 114 Å². The molecule has 0 spiro atoms. The van der Waals surface area contributed by atoms with Gasteiger partial charge in [-0.2, -0.15) is 0 Å². The molecule has 4 heteroatoms. The summed E-state index contributed by atoms with van der Waals surface area (Å²) in [5.41, 5.74) is 0.659. The Hall–Kier alpha value is -1.00. The Balaban J connectivity index is 3.13. The molecule has 0 bridgehead atoms. The van der Waals surface area contributed by atoms with Gasteiger partial charge in [0.25, 0.3) is 0 Å². The van der Waals surface area contributed by atoms with Crippen LogP contribution >= 0.6 is 0 Å². The van der Waals surface area contributed by atoms with E-state index in [0.29, 0.717) is 11.1 Å². The van der Waals surface area contributed by atoms with Gasteiger partial charge in [0.15, 0.2) is 11.6 Å². The summed E-state index contributed by atoms with van der Waals surface area (Å²) in [6, 6.07) is 2.92. The minimum absolute atomic E-state index is 0.178. The molecule has 0 aliphatic rings. The van der Waals surface area contributed by atoms with Gasteiger partial charge >= 0.3 is 0 Å². The molecule has 0 saturated heterocycles. The van der Waals surface area contributed by atoms with Crippen LogP contribution in [0.15, 0.2) is 12.1 Å². The molecular formula is C15H23F2NO. The Morgan fingerprint density at radius 2 is 1.89 bits per heavy atom. The SMILES string of the molecule is CCCNC(c1ccc(C)c(F)c1F)C(CC)OC. The average Bonchev–Trinajstić information content (AvgIpc) is 2.42. The van der Waals surface area contributed by atoms with E-state index in [1.165, 1.54) is 0 Å². The van der Waals surface area contributed by atoms with E-state index in [1.807, 2.05) is 13.8 Å². The van der Waals surface area contributed by atoms with Crippen LogP contribution < -0.4 is 5.32 Å². The molecule has 0 amide bonds. The Morgan fingerprint density at radius 1 is 1.21 bits per heavy atom. The van der Waals surface area contributed by atoms with Gasteiger partial charge in [0.1, 0.15) is 0 Å². The zero-order valence-electron chi connectivity index (χ0n) is 12.1. The maximum atomic E-state index is 14.1. The van der Waals surface area contributed by atoms with Crippen LogP contribution in [0.4, 0.5) is 8.78 Å². The van der Waals surface area contributed by atoms with Crippen molar-refractivity contribution in [1.82, 2.24) is 5.32 Å². The van der Waals surface area contributed by atoms with Crippen LogP contribution in [0.25, 0.3) is 0 Å². The lowest BCUT2D eigenvalue weighted by Gasteiger charge is -2.27. The first-order valence-electron chi connectivity index (χ1n) is 6.77. The van der Waals surface area contributed by atoms with Crippen LogP contribution in [-0.2, 0) is 4.74 Å². The van der Waals surface area contributed by atoms with Gasteiger partial charge in [-0.1, -0.05) is 26.0 Å². The minimum atomic E-state index is -0.774. The highest BCUT2D eigenvalue weighted by atomic mass is 19.2. The number of hydrogen-bond acceptors (Lipinski definition) is 2. The number of ether oxygens (including phenoxy) is 1. The summed E-state index contributed by atoms with van der Waals surface area (Å²) in [4.78, 5) is 0. The Bertz CT molecular complexity index is 405. The summed E-state index contributed by atoms with van der Waals surface area (Å²) in [7, 11) is 1.59. The number of benzene rings is 1. The zero-order valence-corrected chi connectivity index (χ0v) is 12.1. The van der Waals surface area contributed by atoms with Crippen molar-refractivity contribution in [3.8, 4) is 0 Å². The molecule has 1 rings (SSSR count). The minimum Gasteiger partial charge on any atom is -0.379 e.